The third-order valence-corrected chi connectivity index (χ3v) is 5.73. The summed E-state index contributed by atoms with van der Waals surface area (Å²) in [6.45, 7) is 9.88. The van der Waals surface area contributed by atoms with E-state index in [-0.39, 0.29) is 16.3 Å². The van der Waals surface area contributed by atoms with Gasteiger partial charge >= 0.3 is 0 Å². The summed E-state index contributed by atoms with van der Waals surface area (Å²) < 4.78 is 5.61. The van der Waals surface area contributed by atoms with Gasteiger partial charge in [0.15, 0.2) is 0 Å². The molecule has 0 saturated heterocycles. The van der Waals surface area contributed by atoms with Crippen molar-refractivity contribution < 1.29 is 9.53 Å². The number of anilines is 1. The van der Waals surface area contributed by atoms with Crippen LogP contribution >= 0.6 is 11.6 Å². The summed E-state index contributed by atoms with van der Waals surface area (Å²) in [5, 5.41) is 4.25. The number of hydrogen-bond acceptors (Lipinski definition) is 5. The first-order valence-corrected chi connectivity index (χ1v) is 10.1. The monoisotopic (exact) mass is 414 g/mol. The van der Waals surface area contributed by atoms with E-state index in [9.17, 15) is 4.79 Å². The second-order valence-electron chi connectivity index (χ2n) is 7.86. The van der Waals surface area contributed by atoms with Gasteiger partial charge in [-0.05, 0) is 56.9 Å². The topological polar surface area (TPSA) is 66.8 Å². The van der Waals surface area contributed by atoms with E-state index in [1.54, 1.807) is 25.5 Å². The molecule has 154 valence electrons. The molecule has 7 heteroatoms. The Kier molecular flexibility index (Phi) is 6.13. The van der Waals surface area contributed by atoms with E-state index in [2.05, 4.69) is 60.2 Å². The zero-order valence-electron chi connectivity index (χ0n) is 17.5. The molecule has 0 spiro atoms. The average molecular weight is 415 g/mol. The Balaban J connectivity index is 1.89. The molecule has 2 aromatic rings. The van der Waals surface area contributed by atoms with Crippen molar-refractivity contribution in [2.24, 2.45) is 5.10 Å². The van der Waals surface area contributed by atoms with Crippen molar-refractivity contribution in [2.75, 3.05) is 18.6 Å². The van der Waals surface area contributed by atoms with Gasteiger partial charge in [-0.2, -0.15) is 5.10 Å². The maximum Gasteiger partial charge on any atom is 0.274 e. The van der Waals surface area contributed by atoms with Crippen molar-refractivity contribution in [3.05, 3.63) is 52.3 Å². The molecule has 1 aliphatic rings. The number of halogens is 1. The quantitative estimate of drug-likeness (QED) is 0.440. The van der Waals surface area contributed by atoms with Crippen LogP contribution in [-0.4, -0.2) is 36.3 Å². The van der Waals surface area contributed by atoms with E-state index in [0.29, 0.717) is 11.7 Å². The van der Waals surface area contributed by atoms with E-state index >= 15 is 0 Å². The number of carbonyl (C=O) groups excluding carboxylic acids is 1. The smallest absolute Gasteiger partial charge is 0.274 e. The molecule has 0 aliphatic carbocycles. The Morgan fingerprint density at radius 1 is 1.48 bits per heavy atom. The first-order chi connectivity index (χ1) is 13.8. The molecule has 1 aromatic heterocycles. The number of ether oxygens (including phenoxy) is 1. The molecule has 1 atom stereocenters. The van der Waals surface area contributed by atoms with Crippen LogP contribution in [0.25, 0.3) is 0 Å². The molecule has 2 heterocycles. The molecule has 29 heavy (non-hydrogen) atoms. The third kappa shape index (κ3) is 4.22. The molecular formula is C22H27ClN4O2. The lowest BCUT2D eigenvalue weighted by atomic mass is 9.79. The molecule has 1 aliphatic heterocycles. The molecule has 0 radical (unpaired) electrons. The molecule has 0 saturated carbocycles. The van der Waals surface area contributed by atoms with Gasteiger partial charge in [0.1, 0.15) is 10.9 Å². The molecule has 1 unspecified atom stereocenters. The lowest BCUT2D eigenvalue weighted by molar-refractivity contribution is 0.0955. The van der Waals surface area contributed by atoms with Crippen LogP contribution in [0, 0.1) is 0 Å². The number of pyridine rings is 1. The number of rotatable bonds is 5. The largest absolute Gasteiger partial charge is 0.496 e. The molecule has 1 N–H and O–H groups in total. The van der Waals surface area contributed by atoms with Crippen molar-refractivity contribution in [2.45, 2.75) is 45.6 Å². The fourth-order valence-corrected chi connectivity index (χ4v) is 4.38. The zero-order valence-corrected chi connectivity index (χ0v) is 18.2. The number of methoxy groups -OCH3 is 1. The van der Waals surface area contributed by atoms with E-state index in [4.69, 9.17) is 16.3 Å². The van der Waals surface area contributed by atoms with Crippen molar-refractivity contribution >= 4 is 29.4 Å². The number of benzene rings is 1. The van der Waals surface area contributed by atoms with Crippen molar-refractivity contribution in [3.8, 4) is 5.75 Å². The van der Waals surface area contributed by atoms with E-state index < -0.39 is 5.91 Å². The van der Waals surface area contributed by atoms with Crippen LogP contribution in [0.1, 0.15) is 61.5 Å². The number of hydrazone groups is 1. The Morgan fingerprint density at radius 3 is 2.90 bits per heavy atom. The third-order valence-electron chi connectivity index (χ3n) is 5.43. The highest BCUT2D eigenvalue weighted by atomic mass is 35.5. The van der Waals surface area contributed by atoms with Gasteiger partial charge in [0.05, 0.1) is 18.9 Å². The molecule has 0 fully saturated rings. The van der Waals surface area contributed by atoms with Gasteiger partial charge in [-0.25, -0.2) is 10.4 Å². The minimum Gasteiger partial charge on any atom is -0.496 e. The maximum absolute atomic E-state index is 12.3. The van der Waals surface area contributed by atoms with Gasteiger partial charge in [0.2, 0.25) is 0 Å². The highest BCUT2D eigenvalue weighted by Gasteiger charge is 2.36. The van der Waals surface area contributed by atoms with E-state index in [1.165, 1.54) is 17.4 Å². The predicted octanol–water partition coefficient (Wildman–Crippen LogP) is 4.62. The molecule has 0 bridgehead atoms. The second-order valence-corrected chi connectivity index (χ2v) is 8.21. The van der Waals surface area contributed by atoms with Gasteiger partial charge in [0, 0.05) is 35.6 Å². The van der Waals surface area contributed by atoms with Gasteiger partial charge in [-0.15, -0.1) is 0 Å². The highest BCUT2D eigenvalue weighted by Crippen LogP contribution is 2.45. The Morgan fingerprint density at radius 2 is 2.24 bits per heavy atom. The fourth-order valence-electron chi connectivity index (χ4n) is 4.18. The second kappa shape index (κ2) is 8.41. The highest BCUT2D eigenvalue weighted by molar-refractivity contribution is 6.32. The van der Waals surface area contributed by atoms with Gasteiger partial charge < -0.3 is 9.64 Å². The fraction of sp³-hybridized carbons (Fsp3) is 0.409. The Labute approximate surface area is 176 Å². The molecule has 1 amide bonds. The SMILES string of the molecule is CCN1c2cc(OC)c(/C=N\NC(=O)c3cccnc3Cl)cc2C(C)CC1(C)C. The first-order valence-electron chi connectivity index (χ1n) is 9.72. The molecule has 3 rings (SSSR count). The maximum atomic E-state index is 12.3. The number of nitrogens with one attached hydrogen (secondary N) is 1. The van der Waals surface area contributed by atoms with Gasteiger partial charge in [-0.3, -0.25) is 4.79 Å². The number of carbonyl (C=O) groups is 1. The minimum absolute atomic E-state index is 0.0821. The summed E-state index contributed by atoms with van der Waals surface area (Å²) in [7, 11) is 1.64. The van der Waals surface area contributed by atoms with Crippen LogP contribution in [0.4, 0.5) is 5.69 Å². The van der Waals surface area contributed by atoms with Crippen molar-refractivity contribution in [1.82, 2.24) is 10.4 Å². The van der Waals surface area contributed by atoms with Crippen LogP contribution in [0.3, 0.4) is 0 Å². The Hall–Kier alpha value is -2.60. The lowest BCUT2D eigenvalue weighted by Crippen LogP contribution is -2.48. The van der Waals surface area contributed by atoms with E-state index in [1.807, 2.05) is 0 Å². The number of nitrogens with zero attached hydrogens (tertiary/aromatic N) is 3. The summed E-state index contributed by atoms with van der Waals surface area (Å²) in [6.07, 6.45) is 4.19. The zero-order chi connectivity index (χ0) is 21.2. The summed E-state index contributed by atoms with van der Waals surface area (Å²) in [5.74, 6) is 0.706. The summed E-state index contributed by atoms with van der Waals surface area (Å²) in [6, 6.07) is 7.42. The summed E-state index contributed by atoms with van der Waals surface area (Å²) in [5.41, 5.74) is 6.12. The number of hydrogen-bond donors (Lipinski definition) is 1. The average Bonchev–Trinajstić information content (AvgIpc) is 2.67. The van der Waals surface area contributed by atoms with Gasteiger partial charge in [0.25, 0.3) is 5.91 Å². The minimum atomic E-state index is -0.413. The number of aromatic nitrogens is 1. The first kappa shape index (κ1) is 21.1. The van der Waals surface area contributed by atoms with Crippen molar-refractivity contribution in [1.29, 1.82) is 0 Å². The van der Waals surface area contributed by atoms with Crippen LogP contribution in [0.2, 0.25) is 5.15 Å². The van der Waals surface area contributed by atoms with Crippen LogP contribution in [0.5, 0.6) is 5.75 Å². The lowest BCUT2D eigenvalue weighted by Gasteiger charge is -2.47. The summed E-state index contributed by atoms with van der Waals surface area (Å²) >= 11 is 5.96. The van der Waals surface area contributed by atoms with Crippen LogP contribution < -0.4 is 15.1 Å². The Bertz CT molecular complexity index is 942. The predicted molar refractivity (Wildman–Crippen MR) is 117 cm³/mol. The van der Waals surface area contributed by atoms with Crippen LogP contribution in [-0.2, 0) is 0 Å². The van der Waals surface area contributed by atoms with Gasteiger partial charge in [-0.1, -0.05) is 18.5 Å². The van der Waals surface area contributed by atoms with Crippen molar-refractivity contribution in [3.63, 3.8) is 0 Å². The van der Waals surface area contributed by atoms with Crippen LogP contribution in [0.15, 0.2) is 35.6 Å². The molecule has 1 aromatic carbocycles. The number of fused-ring (bicyclic) bond motifs is 1. The molecular weight excluding hydrogens is 388 g/mol. The normalized spacial score (nSPS) is 17.9. The standard InChI is InChI=1S/C22H27ClN4O2/c1-6-27-18-11-19(29-5)15(10-17(18)14(2)12-22(27,3)4)13-25-26-21(28)16-8-7-9-24-20(16)23/h7-11,13-14H,6,12H2,1-5H3,(H,26,28)/b25-13-. The van der Waals surface area contributed by atoms with E-state index in [0.717, 1.165) is 18.5 Å². The molecule has 6 nitrogen and oxygen atoms in total. The summed E-state index contributed by atoms with van der Waals surface area (Å²) in [4.78, 5) is 18.6. The number of amides is 1.